The Morgan fingerprint density at radius 1 is 0.789 bits per heavy atom. The van der Waals surface area contributed by atoms with Gasteiger partial charge in [0.2, 0.25) is 0 Å². The third kappa shape index (κ3) is 3.84. The molecule has 19 heavy (non-hydrogen) atoms. The van der Waals surface area contributed by atoms with Gasteiger partial charge >= 0.3 is 8.60 Å². The van der Waals surface area contributed by atoms with E-state index in [0.29, 0.717) is 11.5 Å². The highest BCUT2D eigenvalue weighted by Crippen LogP contribution is 2.44. The topological polar surface area (TPSA) is 27.7 Å². The first-order valence-electron chi connectivity index (χ1n) is 5.76. The van der Waals surface area contributed by atoms with Crippen LogP contribution >= 0.6 is 20.5 Å². The number of rotatable bonds is 5. The van der Waals surface area contributed by atoms with Crippen LogP contribution in [0.3, 0.4) is 0 Å². The van der Waals surface area contributed by atoms with Crippen molar-refractivity contribution >= 4 is 20.5 Å². The number of halogens is 1. The monoisotopic (exact) mass is 296 g/mol. The van der Waals surface area contributed by atoms with E-state index in [9.17, 15) is 0 Å². The second kappa shape index (κ2) is 6.76. The summed E-state index contributed by atoms with van der Waals surface area (Å²) in [5.41, 5.74) is 1.99. The van der Waals surface area contributed by atoms with Crippen LogP contribution in [0, 0.1) is 13.8 Å². The molecule has 0 saturated carbocycles. The molecular formula is C14H14ClO3P. The largest absolute Gasteiger partial charge is 0.481 e. The fourth-order valence-corrected chi connectivity index (χ4v) is 2.52. The van der Waals surface area contributed by atoms with E-state index in [1.807, 2.05) is 62.4 Å². The van der Waals surface area contributed by atoms with Gasteiger partial charge in [0.25, 0.3) is 0 Å². The third-order valence-corrected chi connectivity index (χ3v) is 3.73. The summed E-state index contributed by atoms with van der Waals surface area (Å²) in [5, 5.41) is 0. The molecule has 0 aromatic heterocycles. The molecule has 0 heterocycles. The van der Waals surface area contributed by atoms with Gasteiger partial charge in [-0.1, -0.05) is 36.4 Å². The lowest BCUT2D eigenvalue weighted by Gasteiger charge is -2.16. The molecule has 5 heteroatoms. The smallest absolute Gasteiger partial charge is 0.417 e. The molecule has 0 spiro atoms. The Bertz CT molecular complexity index is 500. The van der Waals surface area contributed by atoms with E-state index < -0.39 is 8.60 Å². The Morgan fingerprint density at radius 2 is 1.21 bits per heavy atom. The van der Waals surface area contributed by atoms with Gasteiger partial charge in [-0.15, -0.1) is 0 Å². The average molecular weight is 297 g/mol. The van der Waals surface area contributed by atoms with E-state index in [-0.39, 0.29) is 0 Å². The van der Waals surface area contributed by atoms with Crippen LogP contribution in [0.4, 0.5) is 0 Å². The molecule has 0 radical (unpaired) electrons. The number of aryl methyl sites for hydroxylation is 2. The first kappa shape index (κ1) is 14.1. The Morgan fingerprint density at radius 3 is 1.58 bits per heavy atom. The molecule has 0 atom stereocenters. The van der Waals surface area contributed by atoms with E-state index >= 15 is 0 Å². The maximum atomic E-state index is 5.64. The number of benzene rings is 2. The Hall–Kier alpha value is -1.28. The van der Waals surface area contributed by atoms with E-state index in [1.165, 1.54) is 0 Å². The van der Waals surface area contributed by atoms with Crippen LogP contribution in [0.15, 0.2) is 48.5 Å². The molecule has 0 amide bonds. The Labute approximate surface area is 119 Å². The van der Waals surface area contributed by atoms with E-state index in [2.05, 4.69) is 0 Å². The molecule has 2 aromatic rings. The van der Waals surface area contributed by atoms with Crippen LogP contribution in [0.25, 0.3) is 0 Å². The minimum absolute atomic E-state index is 0.697. The van der Waals surface area contributed by atoms with Gasteiger partial charge in [-0.2, -0.15) is 4.08 Å². The van der Waals surface area contributed by atoms with E-state index in [4.69, 9.17) is 25.0 Å². The van der Waals surface area contributed by atoms with Crippen LogP contribution in [0.1, 0.15) is 11.1 Å². The van der Waals surface area contributed by atoms with Crippen molar-refractivity contribution in [3.8, 4) is 11.5 Å². The summed E-state index contributed by atoms with van der Waals surface area (Å²) in [6, 6.07) is 15.2. The van der Waals surface area contributed by atoms with Crippen LogP contribution < -0.4 is 9.05 Å². The molecule has 0 unspecified atom stereocenters. The van der Waals surface area contributed by atoms with E-state index in [1.54, 1.807) is 0 Å². The van der Waals surface area contributed by atoms with Crippen LogP contribution in [-0.4, -0.2) is 0 Å². The second-order valence-corrected chi connectivity index (χ2v) is 5.37. The average Bonchev–Trinajstić information content (AvgIpc) is 2.42. The van der Waals surface area contributed by atoms with Crippen molar-refractivity contribution in [1.82, 2.24) is 0 Å². The number of hydrogen-bond donors (Lipinski definition) is 0. The molecule has 0 aliphatic rings. The van der Waals surface area contributed by atoms with Crippen LogP contribution in [-0.2, 0) is 4.08 Å². The predicted molar refractivity (Wildman–Crippen MR) is 77.5 cm³/mol. The molecule has 0 aliphatic carbocycles. The van der Waals surface area contributed by atoms with Crippen molar-refractivity contribution in [2.24, 2.45) is 0 Å². The quantitative estimate of drug-likeness (QED) is 0.713. The lowest BCUT2D eigenvalue weighted by molar-refractivity contribution is 0.400. The molecule has 2 aromatic carbocycles. The lowest BCUT2D eigenvalue weighted by atomic mass is 10.2. The summed E-state index contributed by atoms with van der Waals surface area (Å²) >= 11 is 5.45. The molecular weight excluding hydrogens is 283 g/mol. The van der Waals surface area contributed by atoms with Crippen molar-refractivity contribution in [2.75, 3.05) is 0 Å². The zero-order valence-electron chi connectivity index (χ0n) is 10.7. The maximum absolute atomic E-state index is 5.64. The third-order valence-electron chi connectivity index (χ3n) is 2.59. The van der Waals surface area contributed by atoms with Gasteiger partial charge in [0, 0.05) is 0 Å². The summed E-state index contributed by atoms with van der Waals surface area (Å²) in [6.07, 6.45) is 0. The lowest BCUT2D eigenvalue weighted by Crippen LogP contribution is -1.97. The summed E-state index contributed by atoms with van der Waals surface area (Å²) in [4.78, 5) is 0. The summed E-state index contributed by atoms with van der Waals surface area (Å²) in [5.74, 6) is 1.39. The second-order valence-electron chi connectivity index (χ2n) is 4.01. The minimum Gasteiger partial charge on any atom is -0.417 e. The molecule has 0 fully saturated rings. The van der Waals surface area contributed by atoms with Crippen LogP contribution in [0.5, 0.6) is 11.5 Å². The van der Waals surface area contributed by atoms with Gasteiger partial charge in [-0.3, -0.25) is 0 Å². The molecule has 100 valence electrons. The van der Waals surface area contributed by atoms with Gasteiger partial charge in [-0.05, 0) is 37.1 Å². The van der Waals surface area contributed by atoms with Crippen molar-refractivity contribution in [2.45, 2.75) is 13.8 Å². The van der Waals surface area contributed by atoms with Crippen molar-refractivity contribution in [3.05, 3.63) is 59.7 Å². The summed E-state index contributed by atoms with van der Waals surface area (Å²) in [7, 11) is -1.68. The van der Waals surface area contributed by atoms with Crippen molar-refractivity contribution in [1.29, 1.82) is 0 Å². The SMILES string of the molecule is Cc1ccccc1OP(OCl)Oc1ccccc1C. The highest BCUT2D eigenvalue weighted by atomic mass is 35.5. The molecule has 3 nitrogen and oxygen atoms in total. The molecule has 0 bridgehead atoms. The van der Waals surface area contributed by atoms with Crippen LogP contribution in [0.2, 0.25) is 0 Å². The highest BCUT2D eigenvalue weighted by Gasteiger charge is 2.18. The fraction of sp³-hybridized carbons (Fsp3) is 0.143. The number of hydrogen-bond acceptors (Lipinski definition) is 3. The molecule has 0 saturated heterocycles. The highest BCUT2D eigenvalue weighted by molar-refractivity contribution is 7.43. The van der Waals surface area contributed by atoms with Gasteiger partial charge in [0.1, 0.15) is 11.5 Å². The van der Waals surface area contributed by atoms with Gasteiger partial charge in [0.05, 0.1) is 11.9 Å². The maximum Gasteiger partial charge on any atom is 0.481 e. The minimum atomic E-state index is -1.68. The summed E-state index contributed by atoms with van der Waals surface area (Å²) < 4.78 is 16.0. The first-order valence-corrected chi connectivity index (χ1v) is 7.17. The fourth-order valence-electron chi connectivity index (χ4n) is 1.53. The van der Waals surface area contributed by atoms with E-state index in [0.717, 1.165) is 11.1 Å². The van der Waals surface area contributed by atoms with Gasteiger partial charge in [-0.25, -0.2) is 0 Å². The molecule has 0 aliphatic heterocycles. The Balaban J connectivity index is 2.09. The zero-order valence-corrected chi connectivity index (χ0v) is 12.3. The predicted octanol–water partition coefficient (Wildman–Crippen LogP) is 5.16. The zero-order chi connectivity index (χ0) is 13.7. The normalized spacial score (nSPS) is 10.5. The van der Waals surface area contributed by atoms with Gasteiger partial charge < -0.3 is 9.05 Å². The van der Waals surface area contributed by atoms with Crippen molar-refractivity contribution in [3.63, 3.8) is 0 Å². The Kier molecular flexibility index (Phi) is 5.03. The standard InChI is InChI=1S/C14H14ClO3P/c1-11-7-3-5-9-13(11)16-19(18-15)17-14-10-6-4-8-12(14)2/h3-10H,1-2H3. The summed E-state index contributed by atoms with van der Waals surface area (Å²) in [6.45, 7) is 3.90. The molecule has 2 rings (SSSR count). The molecule has 0 N–H and O–H groups in total. The van der Waals surface area contributed by atoms with Gasteiger partial charge in [0.15, 0.2) is 0 Å². The van der Waals surface area contributed by atoms with Crippen molar-refractivity contribution < 1.29 is 13.1 Å². The number of para-hydroxylation sites is 2. The first-order chi connectivity index (χ1) is 9.20.